The molecule has 4 rings (SSSR count). The van der Waals surface area contributed by atoms with Gasteiger partial charge < -0.3 is 13.9 Å². The summed E-state index contributed by atoms with van der Waals surface area (Å²) in [6.07, 6.45) is 1.41. The van der Waals surface area contributed by atoms with Crippen LogP contribution in [0.2, 0.25) is 0 Å². The van der Waals surface area contributed by atoms with Gasteiger partial charge in [0.1, 0.15) is 12.2 Å². The number of ether oxygens (including phenoxy) is 2. The fourth-order valence-electron chi connectivity index (χ4n) is 3.34. The molecule has 0 aliphatic carbocycles. The standard InChI is InChI=1S/C25H20N4O8/c1-2-35-23-11-17(5-9-22(23)36-15-16-3-6-19(7-4-16)28(31)32)14-26-27-25(30)24-13-18-12-20(29(33)34)8-10-21(18)37-24/h3-14H,2,15H2,1H3,(H,27,30)/b26-14+. The second-order valence-electron chi connectivity index (χ2n) is 7.64. The van der Waals surface area contributed by atoms with Crippen LogP contribution in [0.5, 0.6) is 11.5 Å². The Kier molecular flexibility index (Phi) is 7.38. The van der Waals surface area contributed by atoms with Gasteiger partial charge in [-0.05, 0) is 60.5 Å². The Bertz CT molecular complexity index is 1490. The lowest BCUT2D eigenvalue weighted by Gasteiger charge is -2.12. The van der Waals surface area contributed by atoms with Crippen molar-refractivity contribution in [1.82, 2.24) is 5.43 Å². The highest BCUT2D eigenvalue weighted by atomic mass is 16.6. The smallest absolute Gasteiger partial charge is 0.307 e. The maximum absolute atomic E-state index is 12.4. The van der Waals surface area contributed by atoms with Gasteiger partial charge >= 0.3 is 5.91 Å². The van der Waals surface area contributed by atoms with Gasteiger partial charge in [-0.1, -0.05) is 0 Å². The molecule has 0 saturated carbocycles. The van der Waals surface area contributed by atoms with E-state index in [4.69, 9.17) is 13.9 Å². The molecule has 0 spiro atoms. The molecule has 12 nitrogen and oxygen atoms in total. The van der Waals surface area contributed by atoms with Crippen molar-refractivity contribution >= 4 is 34.5 Å². The van der Waals surface area contributed by atoms with Crippen LogP contribution in [0.3, 0.4) is 0 Å². The first kappa shape index (κ1) is 24.9. The lowest BCUT2D eigenvalue weighted by molar-refractivity contribution is -0.385. The van der Waals surface area contributed by atoms with Crippen LogP contribution >= 0.6 is 0 Å². The number of benzene rings is 3. The van der Waals surface area contributed by atoms with E-state index in [9.17, 15) is 25.0 Å². The Hall–Kier alpha value is -5.26. The zero-order valence-electron chi connectivity index (χ0n) is 19.5. The van der Waals surface area contributed by atoms with E-state index in [1.165, 1.54) is 42.6 Å². The number of fused-ring (bicyclic) bond motifs is 1. The Morgan fingerprint density at radius 1 is 0.946 bits per heavy atom. The van der Waals surface area contributed by atoms with Crippen molar-refractivity contribution in [3.63, 3.8) is 0 Å². The van der Waals surface area contributed by atoms with E-state index < -0.39 is 15.8 Å². The Morgan fingerprint density at radius 2 is 1.68 bits per heavy atom. The maximum Gasteiger partial charge on any atom is 0.307 e. The molecule has 3 aromatic carbocycles. The summed E-state index contributed by atoms with van der Waals surface area (Å²) in [6, 6.07) is 16.6. The summed E-state index contributed by atoms with van der Waals surface area (Å²) in [5.41, 5.74) is 3.95. The lowest BCUT2D eigenvalue weighted by atomic mass is 10.2. The predicted octanol–water partition coefficient (Wildman–Crippen LogP) is 4.99. The summed E-state index contributed by atoms with van der Waals surface area (Å²) in [5.74, 6) is 0.261. The number of nitro benzene ring substituents is 2. The Balaban J connectivity index is 1.40. The number of nitro groups is 2. The number of amides is 1. The third-order valence-electron chi connectivity index (χ3n) is 5.12. The van der Waals surface area contributed by atoms with Gasteiger partial charge in [-0.25, -0.2) is 5.43 Å². The summed E-state index contributed by atoms with van der Waals surface area (Å²) in [4.78, 5) is 33.1. The average molecular weight is 504 g/mol. The number of carbonyl (C=O) groups is 1. The second-order valence-corrected chi connectivity index (χ2v) is 7.64. The molecular weight excluding hydrogens is 484 g/mol. The molecule has 1 N–H and O–H groups in total. The highest BCUT2D eigenvalue weighted by molar-refractivity contribution is 5.97. The lowest BCUT2D eigenvalue weighted by Crippen LogP contribution is -2.16. The van der Waals surface area contributed by atoms with Crippen LogP contribution in [0.15, 0.2) is 76.2 Å². The zero-order chi connectivity index (χ0) is 26.4. The van der Waals surface area contributed by atoms with Crippen LogP contribution in [0.25, 0.3) is 11.0 Å². The Labute approximate surface area is 209 Å². The van der Waals surface area contributed by atoms with Crippen LogP contribution in [0.4, 0.5) is 11.4 Å². The molecule has 0 fully saturated rings. The number of furan rings is 1. The molecule has 0 bridgehead atoms. The molecule has 12 heteroatoms. The molecule has 0 aliphatic rings. The fourth-order valence-corrected chi connectivity index (χ4v) is 3.34. The second kappa shape index (κ2) is 11.0. The Morgan fingerprint density at radius 3 is 2.38 bits per heavy atom. The topological polar surface area (TPSA) is 159 Å². The molecule has 4 aromatic rings. The van der Waals surface area contributed by atoms with Crippen molar-refractivity contribution in [3.8, 4) is 11.5 Å². The molecule has 0 radical (unpaired) electrons. The van der Waals surface area contributed by atoms with Gasteiger partial charge in [0.25, 0.3) is 11.4 Å². The van der Waals surface area contributed by atoms with Crippen LogP contribution in [0, 0.1) is 20.2 Å². The average Bonchev–Trinajstić information content (AvgIpc) is 3.32. The number of rotatable bonds is 10. The van der Waals surface area contributed by atoms with E-state index in [-0.39, 0.29) is 23.7 Å². The van der Waals surface area contributed by atoms with Gasteiger partial charge in [-0.2, -0.15) is 5.10 Å². The molecule has 1 amide bonds. The van der Waals surface area contributed by atoms with Crippen molar-refractivity contribution in [2.45, 2.75) is 13.5 Å². The number of hydrogen-bond donors (Lipinski definition) is 1. The first-order valence-corrected chi connectivity index (χ1v) is 11.0. The molecular formula is C25H20N4O8. The van der Waals surface area contributed by atoms with Gasteiger partial charge in [-0.3, -0.25) is 25.0 Å². The van der Waals surface area contributed by atoms with E-state index in [2.05, 4.69) is 10.5 Å². The van der Waals surface area contributed by atoms with Gasteiger partial charge in [0, 0.05) is 29.7 Å². The minimum Gasteiger partial charge on any atom is -0.490 e. The number of nitrogens with one attached hydrogen (secondary N) is 1. The maximum atomic E-state index is 12.4. The highest BCUT2D eigenvalue weighted by Crippen LogP contribution is 2.29. The molecule has 0 atom stereocenters. The van der Waals surface area contributed by atoms with Crippen LogP contribution < -0.4 is 14.9 Å². The first-order valence-electron chi connectivity index (χ1n) is 11.0. The zero-order valence-corrected chi connectivity index (χ0v) is 19.5. The van der Waals surface area contributed by atoms with E-state index in [1.807, 2.05) is 6.92 Å². The van der Waals surface area contributed by atoms with Crippen molar-refractivity contribution in [2.75, 3.05) is 6.61 Å². The number of nitrogens with zero attached hydrogens (tertiary/aromatic N) is 3. The summed E-state index contributed by atoms with van der Waals surface area (Å²) in [7, 11) is 0. The summed E-state index contributed by atoms with van der Waals surface area (Å²) >= 11 is 0. The van der Waals surface area contributed by atoms with Gasteiger partial charge in [0.05, 0.1) is 22.7 Å². The third kappa shape index (κ3) is 6.06. The summed E-state index contributed by atoms with van der Waals surface area (Å²) in [6.45, 7) is 2.39. The first-order chi connectivity index (χ1) is 17.8. The predicted molar refractivity (Wildman–Crippen MR) is 133 cm³/mol. The van der Waals surface area contributed by atoms with Crippen LogP contribution in [0.1, 0.15) is 28.6 Å². The van der Waals surface area contributed by atoms with Crippen molar-refractivity contribution in [1.29, 1.82) is 0 Å². The van der Waals surface area contributed by atoms with Gasteiger partial charge in [-0.15, -0.1) is 0 Å². The van der Waals surface area contributed by atoms with Gasteiger partial charge in [0.2, 0.25) is 0 Å². The molecule has 188 valence electrons. The van der Waals surface area contributed by atoms with Gasteiger partial charge in [0.15, 0.2) is 17.3 Å². The van der Waals surface area contributed by atoms with Crippen molar-refractivity contribution in [2.24, 2.45) is 5.10 Å². The number of non-ortho nitro benzene ring substituents is 2. The van der Waals surface area contributed by atoms with Crippen molar-refractivity contribution < 1.29 is 28.5 Å². The molecule has 1 heterocycles. The summed E-state index contributed by atoms with van der Waals surface area (Å²) < 4.78 is 16.9. The largest absolute Gasteiger partial charge is 0.490 e. The molecule has 1 aromatic heterocycles. The molecule has 0 saturated heterocycles. The minimum atomic E-state index is -0.622. The van der Waals surface area contributed by atoms with E-state index in [0.29, 0.717) is 34.6 Å². The fraction of sp³-hybridized carbons (Fsp3) is 0.120. The highest BCUT2D eigenvalue weighted by Gasteiger charge is 2.15. The van der Waals surface area contributed by atoms with Crippen LogP contribution in [-0.2, 0) is 6.61 Å². The van der Waals surface area contributed by atoms with Crippen LogP contribution in [-0.4, -0.2) is 28.6 Å². The number of hydrogen-bond acceptors (Lipinski definition) is 9. The molecule has 0 aliphatic heterocycles. The quantitative estimate of drug-likeness (QED) is 0.180. The third-order valence-corrected chi connectivity index (χ3v) is 5.12. The van der Waals surface area contributed by atoms with Crippen molar-refractivity contribution in [3.05, 3.63) is 104 Å². The monoisotopic (exact) mass is 504 g/mol. The minimum absolute atomic E-state index is 0.00113. The van der Waals surface area contributed by atoms with E-state index in [0.717, 1.165) is 5.56 Å². The molecule has 37 heavy (non-hydrogen) atoms. The molecule has 0 unspecified atom stereocenters. The van der Waals surface area contributed by atoms with E-state index in [1.54, 1.807) is 30.3 Å². The number of hydrazone groups is 1. The van der Waals surface area contributed by atoms with E-state index >= 15 is 0 Å². The normalized spacial score (nSPS) is 10.9. The summed E-state index contributed by atoms with van der Waals surface area (Å²) in [5, 5.41) is 26.1. The SMILES string of the molecule is CCOc1cc(/C=N/NC(=O)c2cc3cc([N+](=O)[O-])ccc3o2)ccc1OCc1ccc([N+](=O)[O-])cc1. The number of carbonyl (C=O) groups excluding carboxylic acids is 1.